The molecule has 184 valence electrons. The van der Waals surface area contributed by atoms with E-state index < -0.39 is 41.4 Å². The highest BCUT2D eigenvalue weighted by Gasteiger charge is 2.36. The summed E-state index contributed by atoms with van der Waals surface area (Å²) in [6, 6.07) is 11.1. The summed E-state index contributed by atoms with van der Waals surface area (Å²) in [4.78, 5) is 22.0. The third-order valence-electron chi connectivity index (χ3n) is 5.39. The van der Waals surface area contributed by atoms with Crippen molar-refractivity contribution in [2.75, 3.05) is 0 Å². The standard InChI is InChI=1S/C26H20O10/c27-17-5-3-15(11-18(17)28)25-26(16-12-20(30)19(29)10-14(16)4-8-24(33)34)35-21-6-1-13(2-7-23(31)32)9-22(21)36-25/h1-12,25-30H,(H,31,32)(H,33,34)/b7-2+,8-4+/t25-,26-/m0/s1. The predicted octanol–water partition coefficient (Wildman–Crippen LogP) is 3.96. The molecule has 0 fully saturated rings. The maximum atomic E-state index is 11.1. The molecule has 0 spiro atoms. The van der Waals surface area contributed by atoms with Crippen molar-refractivity contribution in [2.45, 2.75) is 12.2 Å². The van der Waals surface area contributed by atoms with Crippen LogP contribution < -0.4 is 9.47 Å². The van der Waals surface area contributed by atoms with Crippen molar-refractivity contribution in [3.63, 3.8) is 0 Å². The van der Waals surface area contributed by atoms with Gasteiger partial charge >= 0.3 is 11.9 Å². The largest absolute Gasteiger partial charge is 0.504 e. The number of hydrogen-bond acceptors (Lipinski definition) is 8. The van der Waals surface area contributed by atoms with Gasteiger partial charge in [0.15, 0.2) is 46.7 Å². The number of aliphatic carboxylic acids is 2. The van der Waals surface area contributed by atoms with Gasteiger partial charge in [0.05, 0.1) is 0 Å². The zero-order valence-corrected chi connectivity index (χ0v) is 18.4. The van der Waals surface area contributed by atoms with Gasteiger partial charge in [-0.3, -0.25) is 0 Å². The molecule has 2 atom stereocenters. The average Bonchev–Trinajstić information content (AvgIpc) is 2.84. The third kappa shape index (κ3) is 5.02. The lowest BCUT2D eigenvalue weighted by Crippen LogP contribution is -2.27. The first kappa shape index (κ1) is 24.0. The predicted molar refractivity (Wildman–Crippen MR) is 126 cm³/mol. The first-order chi connectivity index (χ1) is 17.1. The molecule has 10 nitrogen and oxygen atoms in total. The lowest BCUT2D eigenvalue weighted by molar-refractivity contribution is -0.132. The van der Waals surface area contributed by atoms with Gasteiger partial charge in [-0.15, -0.1) is 0 Å². The zero-order chi connectivity index (χ0) is 26.0. The SMILES string of the molecule is O=C(O)/C=C/c1ccc2c(c1)O[C@@H](c1ccc(O)c(O)c1)[C@H](c1cc(O)c(O)cc1/C=C/C(=O)O)O2. The summed E-state index contributed by atoms with van der Waals surface area (Å²) in [6.07, 6.45) is 2.41. The lowest BCUT2D eigenvalue weighted by Gasteiger charge is -2.35. The van der Waals surface area contributed by atoms with Crippen LogP contribution in [0, 0.1) is 0 Å². The smallest absolute Gasteiger partial charge is 0.328 e. The number of phenolic OH excluding ortho intramolecular Hbond substituents is 4. The van der Waals surface area contributed by atoms with Gasteiger partial charge in [-0.2, -0.15) is 0 Å². The number of benzene rings is 3. The molecule has 6 N–H and O–H groups in total. The molecule has 4 rings (SSSR count). The van der Waals surface area contributed by atoms with Crippen molar-refractivity contribution < 1.29 is 49.7 Å². The summed E-state index contributed by atoms with van der Waals surface area (Å²) in [5, 5.41) is 58.0. The number of ether oxygens (including phenoxy) is 2. The molecule has 3 aromatic carbocycles. The second-order valence-electron chi connectivity index (χ2n) is 7.84. The highest BCUT2D eigenvalue weighted by Crippen LogP contribution is 2.49. The molecule has 0 amide bonds. The molecule has 10 heteroatoms. The van der Waals surface area contributed by atoms with E-state index in [2.05, 4.69) is 0 Å². The van der Waals surface area contributed by atoms with E-state index in [4.69, 9.17) is 19.7 Å². The van der Waals surface area contributed by atoms with Crippen molar-refractivity contribution in [3.05, 3.63) is 82.9 Å². The molecule has 1 heterocycles. The average molecular weight is 492 g/mol. The van der Waals surface area contributed by atoms with Crippen LogP contribution in [-0.2, 0) is 9.59 Å². The second-order valence-corrected chi connectivity index (χ2v) is 7.84. The van der Waals surface area contributed by atoms with E-state index >= 15 is 0 Å². The molecule has 0 saturated carbocycles. The summed E-state index contributed by atoms with van der Waals surface area (Å²) in [5.41, 5.74) is 1.37. The molecule has 1 aliphatic rings. The van der Waals surface area contributed by atoms with Gasteiger partial charge in [0, 0.05) is 23.3 Å². The maximum Gasteiger partial charge on any atom is 0.328 e. The van der Waals surface area contributed by atoms with Crippen LogP contribution in [-0.4, -0.2) is 42.6 Å². The summed E-state index contributed by atoms with van der Waals surface area (Å²) in [7, 11) is 0. The van der Waals surface area contributed by atoms with Crippen LogP contribution >= 0.6 is 0 Å². The number of aromatic hydroxyl groups is 4. The minimum atomic E-state index is -1.23. The number of carbonyl (C=O) groups is 2. The molecule has 36 heavy (non-hydrogen) atoms. The van der Waals surface area contributed by atoms with E-state index in [1.807, 2.05) is 0 Å². The highest BCUT2D eigenvalue weighted by atomic mass is 16.6. The van der Waals surface area contributed by atoms with Gasteiger partial charge in [-0.25, -0.2) is 9.59 Å². The minimum absolute atomic E-state index is 0.221. The first-order valence-corrected chi connectivity index (χ1v) is 10.5. The van der Waals surface area contributed by atoms with Gasteiger partial charge in [-0.1, -0.05) is 12.1 Å². The normalized spacial score (nSPS) is 16.9. The Hall–Kier alpha value is -5.12. The molecule has 0 bridgehead atoms. The Bertz CT molecular complexity index is 1410. The fourth-order valence-electron chi connectivity index (χ4n) is 3.73. The van der Waals surface area contributed by atoms with E-state index in [0.717, 1.165) is 12.2 Å². The van der Waals surface area contributed by atoms with Crippen LogP contribution in [0.3, 0.4) is 0 Å². The van der Waals surface area contributed by atoms with Crippen LogP contribution in [0.4, 0.5) is 0 Å². The second kappa shape index (κ2) is 9.63. The Morgan fingerprint density at radius 2 is 1.31 bits per heavy atom. The fraction of sp³-hybridized carbons (Fsp3) is 0.0769. The molecule has 3 aromatic rings. The molecular weight excluding hydrogens is 472 g/mol. The number of phenols is 4. The van der Waals surface area contributed by atoms with Gasteiger partial charge in [0.2, 0.25) is 0 Å². The van der Waals surface area contributed by atoms with E-state index in [0.29, 0.717) is 11.1 Å². The Labute approximate surface area is 203 Å². The molecule has 0 saturated heterocycles. The number of carboxylic acids is 2. The lowest BCUT2D eigenvalue weighted by atomic mass is 9.92. The number of rotatable bonds is 6. The monoisotopic (exact) mass is 492 g/mol. The minimum Gasteiger partial charge on any atom is -0.504 e. The van der Waals surface area contributed by atoms with Gasteiger partial charge in [0.1, 0.15) is 0 Å². The Morgan fingerprint density at radius 3 is 2.00 bits per heavy atom. The summed E-state index contributed by atoms with van der Waals surface area (Å²) >= 11 is 0. The number of hydrogen-bond donors (Lipinski definition) is 6. The summed E-state index contributed by atoms with van der Waals surface area (Å²) in [5.74, 6) is -3.57. The van der Waals surface area contributed by atoms with E-state index in [9.17, 15) is 30.0 Å². The van der Waals surface area contributed by atoms with Crippen molar-refractivity contribution in [1.82, 2.24) is 0 Å². The zero-order valence-electron chi connectivity index (χ0n) is 18.4. The van der Waals surface area contributed by atoms with E-state index in [-0.39, 0.29) is 28.4 Å². The van der Waals surface area contributed by atoms with Gasteiger partial charge < -0.3 is 40.1 Å². The van der Waals surface area contributed by atoms with Crippen LogP contribution in [0.15, 0.2) is 60.7 Å². The van der Waals surface area contributed by atoms with Gasteiger partial charge in [0.25, 0.3) is 0 Å². The van der Waals surface area contributed by atoms with Crippen LogP contribution in [0.2, 0.25) is 0 Å². The molecule has 0 aromatic heterocycles. The van der Waals surface area contributed by atoms with Crippen LogP contribution in [0.1, 0.15) is 34.5 Å². The number of carboxylic acid groups (broad SMARTS) is 2. The third-order valence-corrected chi connectivity index (χ3v) is 5.39. The van der Waals surface area contributed by atoms with Crippen molar-refractivity contribution in [1.29, 1.82) is 0 Å². The molecule has 0 radical (unpaired) electrons. The van der Waals surface area contributed by atoms with Crippen molar-refractivity contribution in [3.8, 4) is 34.5 Å². The Morgan fingerprint density at radius 1 is 0.667 bits per heavy atom. The van der Waals surface area contributed by atoms with Crippen LogP contribution in [0.25, 0.3) is 12.2 Å². The highest BCUT2D eigenvalue weighted by molar-refractivity contribution is 5.86. The van der Waals surface area contributed by atoms with Gasteiger partial charge in [-0.05, 0) is 59.7 Å². The molecule has 0 unspecified atom stereocenters. The molecule has 0 aliphatic carbocycles. The maximum absolute atomic E-state index is 11.1. The molecular formula is C26H20O10. The number of fused-ring (bicyclic) bond motifs is 1. The van der Waals surface area contributed by atoms with Crippen molar-refractivity contribution in [2.24, 2.45) is 0 Å². The van der Waals surface area contributed by atoms with Crippen molar-refractivity contribution >= 4 is 24.1 Å². The first-order valence-electron chi connectivity index (χ1n) is 10.5. The quantitative estimate of drug-likeness (QED) is 0.218. The van der Waals surface area contributed by atoms with E-state index in [1.54, 1.807) is 18.2 Å². The summed E-state index contributed by atoms with van der Waals surface area (Å²) < 4.78 is 12.4. The Kier molecular flexibility index (Phi) is 6.42. The summed E-state index contributed by atoms with van der Waals surface area (Å²) in [6.45, 7) is 0. The fourth-order valence-corrected chi connectivity index (χ4v) is 3.73. The van der Waals surface area contributed by atoms with Crippen LogP contribution in [0.5, 0.6) is 34.5 Å². The topological polar surface area (TPSA) is 174 Å². The molecule has 1 aliphatic heterocycles. The Balaban J connectivity index is 1.86. The van der Waals surface area contributed by atoms with E-state index in [1.165, 1.54) is 42.5 Å².